The molecule has 3 heteroatoms. The van der Waals surface area contributed by atoms with Crippen LogP contribution < -0.4 is 10.2 Å². The maximum absolute atomic E-state index is 3.91. The van der Waals surface area contributed by atoms with Crippen LogP contribution in [0.15, 0.2) is 200 Å². The van der Waals surface area contributed by atoms with Gasteiger partial charge >= 0.3 is 0 Å². The Morgan fingerprint density at radius 2 is 1.02 bits per heavy atom. The summed E-state index contributed by atoms with van der Waals surface area (Å²) in [4.78, 5) is 2.37. The van der Waals surface area contributed by atoms with Gasteiger partial charge in [0.1, 0.15) is 0 Å². The molecule has 0 saturated carbocycles. The molecule has 0 aliphatic heterocycles. The van der Waals surface area contributed by atoms with E-state index >= 15 is 0 Å². The van der Waals surface area contributed by atoms with Crippen LogP contribution in [0.3, 0.4) is 0 Å². The van der Waals surface area contributed by atoms with Crippen molar-refractivity contribution >= 4 is 59.9 Å². The van der Waals surface area contributed by atoms with Crippen LogP contribution in [0.5, 0.6) is 0 Å². The Bertz CT molecular complexity index is 2630. The first-order chi connectivity index (χ1) is 25.8. The molecule has 1 aliphatic rings. The third-order valence-corrected chi connectivity index (χ3v) is 11.7. The topological polar surface area (TPSA) is 15.3 Å². The second-order valence-corrected chi connectivity index (χ2v) is 14.4. The van der Waals surface area contributed by atoms with Crippen LogP contribution >= 0.6 is 11.3 Å². The quantitative estimate of drug-likeness (QED) is 0.180. The summed E-state index contributed by atoms with van der Waals surface area (Å²) in [6.07, 6.45) is 0. The van der Waals surface area contributed by atoms with Gasteiger partial charge in [-0.3, -0.25) is 0 Å². The molecule has 1 N–H and O–H groups in total. The average molecular weight is 683 g/mol. The van der Waals surface area contributed by atoms with Gasteiger partial charge in [-0.2, -0.15) is 0 Å². The minimum Gasteiger partial charge on any atom is -0.355 e. The fourth-order valence-corrected chi connectivity index (χ4v) is 9.62. The van der Waals surface area contributed by atoms with Gasteiger partial charge in [-0.15, -0.1) is 11.3 Å². The number of benzene rings is 8. The van der Waals surface area contributed by atoms with Crippen molar-refractivity contribution in [2.24, 2.45) is 0 Å². The first-order valence-corrected chi connectivity index (χ1v) is 18.6. The molecule has 246 valence electrons. The zero-order valence-electron chi connectivity index (χ0n) is 28.4. The van der Waals surface area contributed by atoms with Gasteiger partial charge < -0.3 is 10.2 Å². The Kier molecular flexibility index (Phi) is 7.26. The predicted octanol–water partition coefficient (Wildman–Crippen LogP) is 13.6. The van der Waals surface area contributed by atoms with E-state index in [0.29, 0.717) is 0 Å². The van der Waals surface area contributed by atoms with Crippen LogP contribution in [-0.2, 0) is 5.41 Å². The van der Waals surface area contributed by atoms with Crippen LogP contribution in [0.1, 0.15) is 22.3 Å². The normalized spacial score (nSPS) is 12.8. The number of nitrogens with one attached hydrogen (secondary N) is 1. The van der Waals surface area contributed by atoms with E-state index in [9.17, 15) is 0 Å². The summed E-state index contributed by atoms with van der Waals surface area (Å²) in [7, 11) is 0. The van der Waals surface area contributed by atoms with E-state index in [-0.39, 0.29) is 0 Å². The van der Waals surface area contributed by atoms with Crippen molar-refractivity contribution < 1.29 is 0 Å². The van der Waals surface area contributed by atoms with Crippen molar-refractivity contribution in [3.63, 3.8) is 0 Å². The molecule has 1 aromatic heterocycles. The van der Waals surface area contributed by atoms with E-state index < -0.39 is 5.41 Å². The number of thiophene rings is 1. The molecule has 8 aromatic carbocycles. The number of para-hydroxylation sites is 2. The lowest BCUT2D eigenvalue weighted by atomic mass is 9.67. The maximum Gasteiger partial charge on any atom is 0.0714 e. The number of rotatable bonds is 7. The highest BCUT2D eigenvalue weighted by molar-refractivity contribution is 7.26. The van der Waals surface area contributed by atoms with E-state index in [1.807, 2.05) is 11.3 Å². The maximum atomic E-state index is 3.91. The van der Waals surface area contributed by atoms with E-state index in [0.717, 1.165) is 22.7 Å². The van der Waals surface area contributed by atoms with Gasteiger partial charge in [0.15, 0.2) is 0 Å². The molecule has 0 fully saturated rings. The predicted molar refractivity (Wildman–Crippen MR) is 221 cm³/mol. The minimum atomic E-state index is -0.444. The van der Waals surface area contributed by atoms with Gasteiger partial charge in [0.2, 0.25) is 0 Å². The summed E-state index contributed by atoms with van der Waals surface area (Å²) >= 11 is 1.85. The monoisotopic (exact) mass is 682 g/mol. The highest BCUT2D eigenvalue weighted by atomic mass is 32.1. The Balaban J connectivity index is 1.13. The fraction of sp³-hybridized carbons (Fsp3) is 0.0204. The zero-order valence-corrected chi connectivity index (χ0v) is 29.2. The lowest BCUT2D eigenvalue weighted by Crippen LogP contribution is -2.28. The summed E-state index contributed by atoms with van der Waals surface area (Å²) < 4.78 is 2.51. The third-order valence-electron chi connectivity index (χ3n) is 10.5. The number of hydrogen-bond donors (Lipinski definition) is 1. The van der Waals surface area contributed by atoms with Crippen molar-refractivity contribution in [1.82, 2.24) is 0 Å². The largest absolute Gasteiger partial charge is 0.355 e. The van der Waals surface area contributed by atoms with Crippen molar-refractivity contribution in [2.45, 2.75) is 5.41 Å². The highest BCUT2D eigenvalue weighted by Crippen LogP contribution is 2.56. The molecule has 10 rings (SSSR count). The summed E-state index contributed by atoms with van der Waals surface area (Å²) in [5, 5.41) is 6.40. The Hall–Kier alpha value is -6.42. The number of fused-ring (bicyclic) bond motifs is 6. The summed E-state index contributed by atoms with van der Waals surface area (Å²) in [5.41, 5.74) is 12.9. The van der Waals surface area contributed by atoms with E-state index in [4.69, 9.17) is 0 Å². The number of anilines is 5. The molecule has 0 spiro atoms. The van der Waals surface area contributed by atoms with Crippen LogP contribution in [0.4, 0.5) is 28.4 Å². The van der Waals surface area contributed by atoms with Gasteiger partial charge in [-0.05, 0) is 88.0 Å². The first kappa shape index (κ1) is 30.4. The average Bonchev–Trinajstić information content (AvgIpc) is 3.75. The molecule has 1 heterocycles. The highest BCUT2D eigenvalue weighted by Gasteiger charge is 2.45. The van der Waals surface area contributed by atoms with Crippen LogP contribution in [0, 0.1) is 0 Å². The molecule has 52 heavy (non-hydrogen) atoms. The molecule has 1 aliphatic carbocycles. The van der Waals surface area contributed by atoms with Gasteiger partial charge in [0, 0.05) is 38.2 Å². The van der Waals surface area contributed by atoms with Crippen LogP contribution in [-0.4, -0.2) is 0 Å². The van der Waals surface area contributed by atoms with Gasteiger partial charge in [0.25, 0.3) is 0 Å². The second kappa shape index (κ2) is 12.4. The smallest absolute Gasteiger partial charge is 0.0714 e. The minimum absolute atomic E-state index is 0.444. The Morgan fingerprint density at radius 3 is 1.69 bits per heavy atom. The van der Waals surface area contributed by atoms with Crippen molar-refractivity contribution in [2.75, 3.05) is 10.2 Å². The molecule has 0 atom stereocenters. The second-order valence-electron chi connectivity index (χ2n) is 13.4. The zero-order chi connectivity index (χ0) is 34.5. The summed E-state index contributed by atoms with van der Waals surface area (Å²) in [5.74, 6) is 0. The lowest BCUT2D eigenvalue weighted by molar-refractivity contribution is 0.769. The van der Waals surface area contributed by atoms with Gasteiger partial charge in [0.05, 0.1) is 15.8 Å². The third kappa shape index (κ3) is 4.71. The molecule has 0 saturated heterocycles. The fourth-order valence-electron chi connectivity index (χ4n) is 8.39. The molecular formula is C49H34N2S. The molecule has 0 bridgehead atoms. The first-order valence-electron chi connectivity index (χ1n) is 17.8. The molecule has 0 amide bonds. The van der Waals surface area contributed by atoms with Crippen molar-refractivity contribution in [3.8, 4) is 11.1 Å². The molecule has 2 nitrogen and oxygen atoms in total. The lowest BCUT2D eigenvalue weighted by Gasteiger charge is -2.34. The van der Waals surface area contributed by atoms with Crippen molar-refractivity contribution in [1.29, 1.82) is 0 Å². The number of nitrogens with zero attached hydrogens (tertiary/aromatic N) is 1. The molecule has 9 aromatic rings. The summed E-state index contributed by atoms with van der Waals surface area (Å²) in [6.45, 7) is 0. The Morgan fingerprint density at radius 1 is 0.462 bits per heavy atom. The van der Waals surface area contributed by atoms with E-state index in [2.05, 4.69) is 210 Å². The number of hydrogen-bond acceptors (Lipinski definition) is 3. The van der Waals surface area contributed by atoms with Gasteiger partial charge in [-0.1, -0.05) is 146 Å². The van der Waals surface area contributed by atoms with E-state index in [1.54, 1.807) is 0 Å². The molecule has 0 radical (unpaired) electrons. The van der Waals surface area contributed by atoms with Crippen LogP contribution in [0.2, 0.25) is 0 Å². The van der Waals surface area contributed by atoms with Crippen molar-refractivity contribution in [3.05, 3.63) is 222 Å². The Labute approximate surface area is 307 Å². The molecular weight excluding hydrogens is 649 g/mol. The van der Waals surface area contributed by atoms with E-state index in [1.165, 1.54) is 59.2 Å². The SMILES string of the molecule is c1ccc(N(c2ccccc2)c2cccc3c2sc2cccc(Nc4cccc(C5(c6ccccc6)c6ccccc6-c6ccccc65)c4)c23)cc1. The molecule has 0 unspecified atom stereocenters. The van der Waals surface area contributed by atoms with Crippen LogP contribution in [0.25, 0.3) is 31.3 Å². The van der Waals surface area contributed by atoms with Gasteiger partial charge in [-0.25, -0.2) is 0 Å². The summed E-state index contributed by atoms with van der Waals surface area (Å²) in [6, 6.07) is 72.5. The standard InChI is InChI=1S/C49H34N2S/c1-4-17-34(18-5-1)49(42-28-12-10-25-39(42)40-26-11-13-29-43(40)49)35-19-14-20-36(33-35)50-44-30-16-32-46-47(44)41-27-15-31-45(48(41)52-46)51(37-21-6-2-7-22-37)38-23-8-3-9-24-38/h1-33,50H.